The van der Waals surface area contributed by atoms with Gasteiger partial charge in [-0.05, 0) is 86.1 Å². The largest absolute Gasteiger partial charge is 2.00 e. The molecule has 4 N–H and O–H groups in total. The Balaban J connectivity index is 0.000000437. The third-order valence-electron chi connectivity index (χ3n) is 8.06. The Labute approximate surface area is 322 Å². The maximum absolute atomic E-state index is 10.6. The Hall–Kier alpha value is -5.15. The first-order valence-corrected chi connectivity index (χ1v) is 17.7. The van der Waals surface area contributed by atoms with Crippen LogP contribution in [-0.4, -0.2) is 43.8 Å². The number of hydrogen-bond acceptors (Lipinski definition) is 10. The summed E-state index contributed by atoms with van der Waals surface area (Å²) in [5, 5.41) is 57.6. The van der Waals surface area contributed by atoms with Crippen molar-refractivity contribution in [1.82, 2.24) is 0 Å². The molecule has 10 nitrogen and oxygen atoms in total. The number of aryl methyl sites for hydroxylation is 2. The van der Waals surface area contributed by atoms with Crippen LogP contribution in [0.2, 0.25) is 0 Å². The number of aliphatic imine (C=N–C) groups is 2. The van der Waals surface area contributed by atoms with Crippen LogP contribution in [0.25, 0.3) is 0 Å². The summed E-state index contributed by atoms with van der Waals surface area (Å²) in [6.07, 6.45) is 10.2. The minimum absolute atomic E-state index is 0. The van der Waals surface area contributed by atoms with E-state index in [1.165, 1.54) is 56.4 Å². The van der Waals surface area contributed by atoms with Crippen LogP contribution in [0.3, 0.4) is 0 Å². The van der Waals surface area contributed by atoms with E-state index in [9.17, 15) is 30.0 Å². The molecular weight excluding hydrogens is 719 g/mol. The van der Waals surface area contributed by atoms with Gasteiger partial charge in [0.15, 0.2) is 23.0 Å². The van der Waals surface area contributed by atoms with Crippen LogP contribution in [0, 0.1) is 0 Å². The second-order valence-electron chi connectivity index (χ2n) is 11.9. The van der Waals surface area contributed by atoms with Gasteiger partial charge in [-0.3, -0.25) is 9.98 Å². The van der Waals surface area contributed by atoms with E-state index in [1.807, 2.05) is 36.4 Å². The van der Waals surface area contributed by atoms with Gasteiger partial charge < -0.3 is 40.2 Å². The number of para-hydroxylation sites is 2. The van der Waals surface area contributed by atoms with Gasteiger partial charge in [0.25, 0.3) is 0 Å². The van der Waals surface area contributed by atoms with Crippen LogP contribution >= 0.6 is 0 Å². The summed E-state index contributed by atoms with van der Waals surface area (Å²) in [4.78, 5) is 31.1. The molecule has 0 amide bonds. The summed E-state index contributed by atoms with van der Waals surface area (Å²) in [6.45, 7) is 7.98. The maximum Gasteiger partial charge on any atom is 2.00 e. The monoisotopic (exact) mass is 768 g/mol. The van der Waals surface area contributed by atoms with E-state index in [2.05, 4.69) is 38.1 Å². The number of benzene rings is 4. The number of hydrogen-bond donors (Lipinski definition) is 4. The van der Waals surface area contributed by atoms with E-state index in [4.69, 9.17) is 20.2 Å². The smallest absolute Gasteiger partial charge is 0.545 e. The number of aromatic carboxylic acids is 2. The van der Waals surface area contributed by atoms with E-state index in [1.54, 1.807) is 13.8 Å². The van der Waals surface area contributed by atoms with Crippen molar-refractivity contribution in [2.24, 2.45) is 9.98 Å². The van der Waals surface area contributed by atoms with Crippen molar-refractivity contribution in [1.29, 1.82) is 0 Å². The van der Waals surface area contributed by atoms with E-state index in [0.717, 1.165) is 42.1 Å². The average molecular weight is 770 g/mol. The zero-order valence-electron chi connectivity index (χ0n) is 30.8. The number of phenols is 4. The molecule has 0 radical (unpaired) electrons. The Morgan fingerprint density at radius 2 is 0.906 bits per heavy atom. The van der Waals surface area contributed by atoms with Crippen LogP contribution < -0.4 is 10.2 Å². The zero-order chi connectivity index (χ0) is 38.5. The molecule has 0 atom stereocenters. The quantitative estimate of drug-likeness (QED) is 0.0409. The number of phenolic OH excluding ortho intramolecular Hbond substituents is 2. The van der Waals surface area contributed by atoms with Crippen molar-refractivity contribution in [3.8, 4) is 23.0 Å². The van der Waals surface area contributed by atoms with Crippen molar-refractivity contribution in [2.75, 3.05) is 0 Å². The first-order valence-electron chi connectivity index (χ1n) is 17.7. The van der Waals surface area contributed by atoms with Gasteiger partial charge >= 0.3 is 16.5 Å². The molecule has 11 heteroatoms. The van der Waals surface area contributed by atoms with Gasteiger partial charge in [-0.2, -0.15) is 0 Å². The van der Waals surface area contributed by atoms with Crippen molar-refractivity contribution >= 4 is 34.7 Å². The average Bonchev–Trinajstić information content (AvgIpc) is 3.14. The molecule has 0 aromatic heterocycles. The predicted molar refractivity (Wildman–Crippen MR) is 202 cm³/mol. The van der Waals surface area contributed by atoms with E-state index in [-0.39, 0.29) is 27.6 Å². The van der Waals surface area contributed by atoms with Crippen LogP contribution in [0.4, 0.5) is 11.4 Å². The second-order valence-corrected chi connectivity index (χ2v) is 11.9. The van der Waals surface area contributed by atoms with Gasteiger partial charge in [0.05, 0.1) is 34.7 Å². The molecule has 0 spiro atoms. The SMILES string of the molecule is CCCCCCC(=Nc1ccccc1)C(CCCC)=Nc1ccccc1.CCc1ccc(O)c(O)c1C(=O)[O-].CCc1ccc(O)c(O)c1C(=O)[O-].[Ni+2]. The van der Waals surface area contributed by atoms with Gasteiger partial charge in [-0.1, -0.05) is 102 Å². The summed E-state index contributed by atoms with van der Waals surface area (Å²) in [5.41, 5.74) is 4.57. The third-order valence-corrected chi connectivity index (χ3v) is 8.06. The van der Waals surface area contributed by atoms with Crippen LogP contribution in [-0.2, 0) is 29.3 Å². The molecule has 0 aliphatic carbocycles. The number of unbranched alkanes of at least 4 members (excludes halogenated alkanes) is 4. The molecule has 286 valence electrons. The molecular formula is C42H50N2NiO8. The first-order chi connectivity index (χ1) is 25.0. The fraction of sp³-hybridized carbons (Fsp3) is 0.333. The molecule has 4 aromatic rings. The Bertz CT molecular complexity index is 1710. The number of rotatable bonds is 15. The predicted octanol–water partition coefficient (Wildman–Crippen LogP) is 7.74. The molecule has 0 saturated carbocycles. The fourth-order valence-corrected chi connectivity index (χ4v) is 5.20. The first kappa shape index (κ1) is 45.9. The number of carbonyl (C=O) groups is 2. The maximum atomic E-state index is 10.6. The summed E-state index contributed by atoms with van der Waals surface area (Å²) < 4.78 is 0. The van der Waals surface area contributed by atoms with E-state index < -0.39 is 34.9 Å². The second kappa shape index (κ2) is 24.9. The minimum atomic E-state index is -1.48. The molecule has 53 heavy (non-hydrogen) atoms. The zero-order valence-corrected chi connectivity index (χ0v) is 31.8. The standard InChI is InChI=1S/C24H32N2.2C9H10O4.Ni/c1-3-5-7-14-20-24(26-22-17-12-9-13-18-22)23(19-6-4-2)25-21-15-10-8-11-16-21;2*1-2-5-3-4-6(10)8(11)7(5)9(12)13;/h8-13,15-18H,3-7,14,19-20H2,1-2H3;2*3-4,10-11H,2H2,1H3,(H,12,13);/q;;;+2/p-2. The van der Waals surface area contributed by atoms with Gasteiger partial charge in [-0.25, -0.2) is 0 Å². The Kier molecular flexibility index (Phi) is 21.6. The number of carboxylic acid groups (broad SMARTS) is 2. The summed E-state index contributed by atoms with van der Waals surface area (Å²) in [7, 11) is 0. The molecule has 0 unspecified atom stereocenters. The van der Waals surface area contributed by atoms with Gasteiger partial charge in [0, 0.05) is 11.1 Å². The number of carbonyl (C=O) groups excluding carboxylic acids is 2. The summed E-state index contributed by atoms with van der Waals surface area (Å²) >= 11 is 0. The molecule has 0 bridgehead atoms. The normalized spacial score (nSPS) is 10.9. The van der Waals surface area contributed by atoms with Crippen molar-refractivity contribution in [2.45, 2.75) is 91.9 Å². The summed E-state index contributed by atoms with van der Waals surface area (Å²) in [6, 6.07) is 26.0. The number of carboxylic acids is 2. The minimum Gasteiger partial charge on any atom is -0.545 e. The van der Waals surface area contributed by atoms with Gasteiger partial charge in [-0.15, -0.1) is 0 Å². The third kappa shape index (κ3) is 15.2. The molecule has 0 saturated heterocycles. The topological polar surface area (TPSA) is 186 Å². The van der Waals surface area contributed by atoms with Crippen LogP contribution in [0.5, 0.6) is 23.0 Å². The van der Waals surface area contributed by atoms with Gasteiger partial charge in [0.2, 0.25) is 0 Å². The molecule has 0 fully saturated rings. The van der Waals surface area contributed by atoms with E-state index in [0.29, 0.717) is 24.0 Å². The van der Waals surface area contributed by atoms with Crippen LogP contribution in [0.15, 0.2) is 94.9 Å². The van der Waals surface area contributed by atoms with Crippen LogP contribution in [0.1, 0.15) is 111 Å². The van der Waals surface area contributed by atoms with Gasteiger partial charge in [0.1, 0.15) is 0 Å². The molecule has 0 aliphatic heterocycles. The molecule has 4 aromatic carbocycles. The number of nitrogens with zero attached hydrogens (tertiary/aromatic N) is 2. The number of aromatic hydroxyl groups is 4. The fourth-order valence-electron chi connectivity index (χ4n) is 5.20. The molecule has 0 aliphatic rings. The molecule has 0 heterocycles. The Morgan fingerprint density at radius 1 is 0.528 bits per heavy atom. The van der Waals surface area contributed by atoms with Crippen molar-refractivity contribution in [3.63, 3.8) is 0 Å². The molecule has 4 rings (SSSR count). The Morgan fingerprint density at radius 3 is 1.25 bits per heavy atom. The summed E-state index contributed by atoms with van der Waals surface area (Å²) in [5.74, 6) is -5.11. The van der Waals surface area contributed by atoms with E-state index >= 15 is 0 Å². The van der Waals surface area contributed by atoms with Crippen molar-refractivity contribution < 1.29 is 56.7 Å². The van der Waals surface area contributed by atoms with Crippen molar-refractivity contribution in [3.05, 3.63) is 107 Å².